The van der Waals surface area contributed by atoms with Crippen LogP contribution in [0, 0.1) is 11.3 Å². The summed E-state index contributed by atoms with van der Waals surface area (Å²) in [6, 6.07) is 2.30. The van der Waals surface area contributed by atoms with Crippen LogP contribution in [0.15, 0.2) is 0 Å². The van der Waals surface area contributed by atoms with Crippen molar-refractivity contribution in [2.24, 2.45) is 0 Å². The van der Waals surface area contributed by atoms with E-state index in [1.165, 1.54) is 0 Å². The second-order valence-electron chi connectivity index (χ2n) is 3.36. The summed E-state index contributed by atoms with van der Waals surface area (Å²) in [6.45, 7) is 0.941. The van der Waals surface area contributed by atoms with Crippen molar-refractivity contribution in [2.75, 3.05) is 26.2 Å². The van der Waals surface area contributed by atoms with Crippen molar-refractivity contribution in [3.8, 4) is 6.07 Å². The molecule has 1 saturated carbocycles. The third-order valence-corrected chi connectivity index (χ3v) is 2.16. The monoisotopic (exact) mass is 197 g/mol. The van der Waals surface area contributed by atoms with E-state index in [1.54, 1.807) is 0 Å². The number of carbonyl (C=O) groups is 1. The van der Waals surface area contributed by atoms with E-state index in [0.29, 0.717) is 12.6 Å². The first-order chi connectivity index (χ1) is 6.77. The van der Waals surface area contributed by atoms with E-state index in [1.807, 2.05) is 11.0 Å². The number of hydrogen-bond donors (Lipinski definition) is 2. The van der Waals surface area contributed by atoms with Gasteiger partial charge in [0, 0.05) is 12.6 Å². The maximum Gasteiger partial charge on any atom is 0.235 e. The molecular formula is C9H15N3O2. The van der Waals surface area contributed by atoms with Gasteiger partial charge in [0.15, 0.2) is 0 Å². The van der Waals surface area contributed by atoms with Crippen molar-refractivity contribution in [1.82, 2.24) is 10.2 Å². The highest BCUT2D eigenvalue weighted by Gasteiger charge is 2.29. The Balaban J connectivity index is 2.24. The van der Waals surface area contributed by atoms with Gasteiger partial charge in [0.1, 0.15) is 6.54 Å². The van der Waals surface area contributed by atoms with Crippen LogP contribution in [0.25, 0.3) is 0 Å². The molecule has 0 aromatic rings. The zero-order valence-corrected chi connectivity index (χ0v) is 8.07. The molecule has 5 heteroatoms. The number of carbonyl (C=O) groups excluding carboxylic acids is 1. The van der Waals surface area contributed by atoms with Crippen LogP contribution in [0.2, 0.25) is 0 Å². The molecule has 0 aromatic heterocycles. The molecule has 0 atom stereocenters. The lowest BCUT2D eigenvalue weighted by atomic mass is 10.4. The van der Waals surface area contributed by atoms with Crippen molar-refractivity contribution in [3.05, 3.63) is 0 Å². The maximum atomic E-state index is 11.2. The second kappa shape index (κ2) is 5.58. The summed E-state index contributed by atoms with van der Waals surface area (Å²) in [5.41, 5.74) is 0. The number of nitriles is 1. The quantitative estimate of drug-likeness (QED) is 0.540. The average Bonchev–Trinajstić information content (AvgIpc) is 2.97. The van der Waals surface area contributed by atoms with E-state index in [-0.39, 0.29) is 25.6 Å². The minimum absolute atomic E-state index is 0.0520. The minimum Gasteiger partial charge on any atom is -0.395 e. The molecule has 0 saturated heterocycles. The standard InChI is InChI=1S/C9H15N3O2/c10-3-4-11-9(14)7-12(5-6-13)8-1-2-8/h8,13H,1-2,4-7H2,(H,11,14). The van der Waals surface area contributed by atoms with Crippen LogP contribution in [-0.2, 0) is 4.79 Å². The molecule has 78 valence electrons. The van der Waals surface area contributed by atoms with Crippen LogP contribution in [0.4, 0.5) is 0 Å². The van der Waals surface area contributed by atoms with E-state index < -0.39 is 0 Å². The van der Waals surface area contributed by atoms with Gasteiger partial charge in [0.2, 0.25) is 5.91 Å². The smallest absolute Gasteiger partial charge is 0.235 e. The summed E-state index contributed by atoms with van der Waals surface area (Å²) in [7, 11) is 0. The molecule has 0 heterocycles. The zero-order chi connectivity index (χ0) is 10.4. The van der Waals surface area contributed by atoms with Crippen molar-refractivity contribution in [1.29, 1.82) is 5.26 Å². The van der Waals surface area contributed by atoms with Gasteiger partial charge in [-0.3, -0.25) is 9.69 Å². The number of nitrogens with zero attached hydrogens (tertiary/aromatic N) is 2. The van der Waals surface area contributed by atoms with Gasteiger partial charge in [-0.1, -0.05) is 0 Å². The molecule has 0 bridgehead atoms. The molecule has 0 aromatic carbocycles. The molecule has 1 fully saturated rings. The van der Waals surface area contributed by atoms with Gasteiger partial charge >= 0.3 is 0 Å². The van der Waals surface area contributed by atoms with Crippen molar-refractivity contribution < 1.29 is 9.90 Å². The molecule has 0 aliphatic heterocycles. The van der Waals surface area contributed by atoms with Crippen LogP contribution in [-0.4, -0.2) is 48.2 Å². The lowest BCUT2D eigenvalue weighted by Crippen LogP contribution is -2.39. The number of aliphatic hydroxyl groups excluding tert-OH is 1. The van der Waals surface area contributed by atoms with Crippen LogP contribution < -0.4 is 5.32 Å². The van der Waals surface area contributed by atoms with E-state index in [9.17, 15) is 4.79 Å². The normalized spacial score (nSPS) is 15.2. The molecule has 1 aliphatic rings. The second-order valence-corrected chi connectivity index (χ2v) is 3.36. The first-order valence-electron chi connectivity index (χ1n) is 4.76. The maximum absolute atomic E-state index is 11.2. The van der Waals surface area contributed by atoms with Crippen molar-refractivity contribution in [2.45, 2.75) is 18.9 Å². The Morgan fingerprint density at radius 2 is 2.36 bits per heavy atom. The lowest BCUT2D eigenvalue weighted by molar-refractivity contribution is -0.122. The van der Waals surface area contributed by atoms with Gasteiger partial charge in [-0.25, -0.2) is 0 Å². The summed E-state index contributed by atoms with van der Waals surface area (Å²) in [4.78, 5) is 13.2. The minimum atomic E-state index is -0.146. The van der Waals surface area contributed by atoms with Gasteiger partial charge in [-0.15, -0.1) is 0 Å². The molecule has 1 rings (SSSR count). The molecule has 14 heavy (non-hydrogen) atoms. The van der Waals surface area contributed by atoms with E-state index in [4.69, 9.17) is 10.4 Å². The fourth-order valence-electron chi connectivity index (χ4n) is 1.34. The van der Waals surface area contributed by atoms with Crippen molar-refractivity contribution in [3.63, 3.8) is 0 Å². The number of amides is 1. The number of aliphatic hydroxyl groups is 1. The Labute approximate surface area is 83.3 Å². The average molecular weight is 197 g/mol. The largest absolute Gasteiger partial charge is 0.395 e. The summed E-state index contributed by atoms with van der Waals surface area (Å²) in [5, 5.41) is 19.5. The molecule has 0 unspecified atom stereocenters. The summed E-state index contributed by atoms with van der Waals surface area (Å²) < 4.78 is 0. The molecular weight excluding hydrogens is 182 g/mol. The van der Waals surface area contributed by atoms with E-state index in [2.05, 4.69) is 5.32 Å². The Morgan fingerprint density at radius 3 is 2.86 bits per heavy atom. The summed E-state index contributed by atoms with van der Waals surface area (Å²) in [5.74, 6) is -0.146. The Kier molecular flexibility index (Phi) is 4.36. The third-order valence-electron chi connectivity index (χ3n) is 2.16. The number of rotatable bonds is 6. The Hall–Kier alpha value is -1.12. The first kappa shape index (κ1) is 11.0. The summed E-state index contributed by atoms with van der Waals surface area (Å²) >= 11 is 0. The first-order valence-corrected chi connectivity index (χ1v) is 4.76. The van der Waals surface area contributed by atoms with Crippen LogP contribution in [0.1, 0.15) is 12.8 Å². The van der Waals surface area contributed by atoms with E-state index in [0.717, 1.165) is 12.8 Å². The van der Waals surface area contributed by atoms with E-state index >= 15 is 0 Å². The zero-order valence-electron chi connectivity index (χ0n) is 8.07. The number of hydrogen-bond acceptors (Lipinski definition) is 4. The Morgan fingerprint density at radius 1 is 1.64 bits per heavy atom. The van der Waals surface area contributed by atoms with Gasteiger partial charge in [-0.2, -0.15) is 5.26 Å². The fraction of sp³-hybridized carbons (Fsp3) is 0.778. The SMILES string of the molecule is N#CCNC(=O)CN(CCO)C1CC1. The highest BCUT2D eigenvalue weighted by molar-refractivity contribution is 5.78. The molecule has 1 aliphatic carbocycles. The molecule has 0 radical (unpaired) electrons. The lowest BCUT2D eigenvalue weighted by Gasteiger charge is -2.19. The predicted molar refractivity (Wildman–Crippen MR) is 50.3 cm³/mol. The van der Waals surface area contributed by atoms with Crippen molar-refractivity contribution >= 4 is 5.91 Å². The highest BCUT2D eigenvalue weighted by atomic mass is 16.3. The van der Waals surface area contributed by atoms with Crippen LogP contribution >= 0.6 is 0 Å². The predicted octanol–water partition coefficient (Wildman–Crippen LogP) is -0.917. The van der Waals surface area contributed by atoms with Gasteiger partial charge in [0.05, 0.1) is 19.2 Å². The molecule has 2 N–H and O–H groups in total. The molecule has 5 nitrogen and oxygen atoms in total. The fourth-order valence-corrected chi connectivity index (χ4v) is 1.34. The van der Waals surface area contributed by atoms with Gasteiger partial charge in [-0.05, 0) is 12.8 Å². The number of nitrogens with one attached hydrogen (secondary N) is 1. The van der Waals surface area contributed by atoms with Crippen LogP contribution in [0.5, 0.6) is 0 Å². The highest BCUT2D eigenvalue weighted by Crippen LogP contribution is 2.25. The Bertz CT molecular complexity index is 233. The van der Waals surface area contributed by atoms with Gasteiger partial charge in [0.25, 0.3) is 0 Å². The van der Waals surface area contributed by atoms with Crippen LogP contribution in [0.3, 0.4) is 0 Å². The summed E-state index contributed by atoms with van der Waals surface area (Å²) in [6.07, 6.45) is 2.21. The molecule has 0 spiro atoms. The topological polar surface area (TPSA) is 76.4 Å². The molecule has 1 amide bonds. The van der Waals surface area contributed by atoms with Gasteiger partial charge < -0.3 is 10.4 Å². The third kappa shape index (κ3) is 3.73.